The Balaban J connectivity index is 2.42. The lowest BCUT2D eigenvalue weighted by atomic mass is 10.3. The first-order valence-corrected chi connectivity index (χ1v) is 4.43. The smallest absolute Gasteiger partial charge is 0.182 e. The van der Waals surface area contributed by atoms with Crippen molar-refractivity contribution >= 4 is 0 Å². The maximum Gasteiger partial charge on any atom is 0.182 e. The summed E-state index contributed by atoms with van der Waals surface area (Å²) in [4.78, 5) is 4.33. The monoisotopic (exact) mass is 191 g/mol. The Hall–Kier alpha value is -1.62. The molecule has 5 heteroatoms. The van der Waals surface area contributed by atoms with Gasteiger partial charge in [-0.15, -0.1) is 0 Å². The molecule has 0 aliphatic carbocycles. The molecule has 0 unspecified atom stereocenters. The summed E-state index contributed by atoms with van der Waals surface area (Å²) in [6.07, 6.45) is 3.95. The second kappa shape index (κ2) is 3.26. The normalized spacial score (nSPS) is 10.8. The van der Waals surface area contributed by atoms with Crippen LogP contribution in [-0.2, 0) is 20.6 Å². The molecule has 2 N–H and O–H groups in total. The molecule has 0 aliphatic rings. The Labute approximate surface area is 82.2 Å². The van der Waals surface area contributed by atoms with Gasteiger partial charge in [-0.1, -0.05) is 0 Å². The third-order valence-corrected chi connectivity index (χ3v) is 2.13. The minimum Gasteiger partial charge on any atom is -0.357 e. The summed E-state index contributed by atoms with van der Waals surface area (Å²) in [6, 6.07) is 1.98. The summed E-state index contributed by atoms with van der Waals surface area (Å²) in [7, 11) is 3.82. The minimum atomic E-state index is 0.413. The van der Waals surface area contributed by atoms with Gasteiger partial charge < -0.3 is 10.3 Å². The fourth-order valence-electron chi connectivity index (χ4n) is 1.35. The van der Waals surface area contributed by atoms with Crippen molar-refractivity contribution in [3.8, 4) is 11.4 Å². The molecule has 0 fully saturated rings. The van der Waals surface area contributed by atoms with Crippen molar-refractivity contribution in [3.63, 3.8) is 0 Å². The maximum atomic E-state index is 5.52. The van der Waals surface area contributed by atoms with E-state index in [0.29, 0.717) is 6.54 Å². The molecular weight excluding hydrogens is 178 g/mol. The zero-order valence-corrected chi connectivity index (χ0v) is 8.31. The number of rotatable bonds is 2. The predicted octanol–water partition coefficient (Wildman–Crippen LogP) is 0.279. The van der Waals surface area contributed by atoms with Crippen LogP contribution in [0.15, 0.2) is 18.5 Å². The molecule has 0 aromatic carbocycles. The molecule has 2 aromatic heterocycles. The van der Waals surface area contributed by atoms with Gasteiger partial charge in [0, 0.05) is 32.1 Å². The number of aromatic nitrogens is 4. The molecule has 0 amide bonds. The summed E-state index contributed by atoms with van der Waals surface area (Å²) < 4.78 is 3.68. The topological polar surface area (TPSA) is 61.7 Å². The lowest BCUT2D eigenvalue weighted by Crippen LogP contribution is -2.05. The van der Waals surface area contributed by atoms with Gasteiger partial charge in [-0.2, -0.15) is 5.10 Å². The van der Waals surface area contributed by atoms with Crippen LogP contribution in [0.25, 0.3) is 11.4 Å². The molecule has 0 aliphatic heterocycles. The van der Waals surface area contributed by atoms with Crippen molar-refractivity contribution in [1.82, 2.24) is 19.3 Å². The van der Waals surface area contributed by atoms with Crippen LogP contribution in [0.5, 0.6) is 0 Å². The van der Waals surface area contributed by atoms with Crippen LogP contribution in [0.2, 0.25) is 0 Å². The molecule has 14 heavy (non-hydrogen) atoms. The first-order chi connectivity index (χ1) is 6.70. The molecule has 74 valence electrons. The van der Waals surface area contributed by atoms with E-state index in [2.05, 4.69) is 10.1 Å². The third-order valence-electron chi connectivity index (χ3n) is 2.13. The Bertz CT molecular complexity index is 440. The second-order valence-electron chi connectivity index (χ2n) is 3.25. The van der Waals surface area contributed by atoms with Gasteiger partial charge in [0.2, 0.25) is 0 Å². The standard InChI is InChI=1S/C9H13N5/c1-13-4-3-7(6-13)9-11-8(5-10)14(2)12-9/h3-4,6H,5,10H2,1-2H3. The molecule has 0 bridgehead atoms. The lowest BCUT2D eigenvalue weighted by Gasteiger charge is -1.90. The zero-order chi connectivity index (χ0) is 10.1. The van der Waals surface area contributed by atoms with Crippen LogP contribution in [0.4, 0.5) is 0 Å². The molecule has 0 atom stereocenters. The Morgan fingerprint density at radius 3 is 2.71 bits per heavy atom. The SMILES string of the molecule is Cn1ccc(-c2nc(CN)n(C)n2)c1. The Kier molecular flexibility index (Phi) is 2.09. The minimum absolute atomic E-state index is 0.413. The van der Waals surface area contributed by atoms with E-state index in [-0.39, 0.29) is 0 Å². The fraction of sp³-hybridized carbons (Fsp3) is 0.333. The van der Waals surface area contributed by atoms with Gasteiger partial charge in [-0.3, -0.25) is 4.68 Å². The molecule has 0 saturated carbocycles. The Morgan fingerprint density at radius 2 is 2.21 bits per heavy atom. The zero-order valence-electron chi connectivity index (χ0n) is 8.31. The van der Waals surface area contributed by atoms with Gasteiger partial charge in [0.15, 0.2) is 5.82 Å². The molecular formula is C9H13N5. The quantitative estimate of drug-likeness (QED) is 0.741. The third kappa shape index (κ3) is 1.42. The first kappa shape index (κ1) is 8.96. The highest BCUT2D eigenvalue weighted by molar-refractivity contribution is 5.53. The fourth-order valence-corrected chi connectivity index (χ4v) is 1.35. The summed E-state index contributed by atoms with van der Waals surface area (Å²) in [5, 5.41) is 4.28. The lowest BCUT2D eigenvalue weighted by molar-refractivity contribution is 0.703. The average molecular weight is 191 g/mol. The molecule has 0 spiro atoms. The van der Waals surface area contributed by atoms with Crippen LogP contribution in [-0.4, -0.2) is 19.3 Å². The van der Waals surface area contributed by atoms with Crippen molar-refractivity contribution in [2.45, 2.75) is 6.54 Å². The van der Waals surface area contributed by atoms with E-state index in [4.69, 9.17) is 5.73 Å². The molecule has 5 nitrogen and oxygen atoms in total. The van der Waals surface area contributed by atoms with E-state index in [9.17, 15) is 0 Å². The van der Waals surface area contributed by atoms with Gasteiger partial charge in [-0.05, 0) is 6.07 Å². The number of hydrogen-bond acceptors (Lipinski definition) is 3. The van der Waals surface area contributed by atoms with Crippen molar-refractivity contribution in [2.75, 3.05) is 0 Å². The first-order valence-electron chi connectivity index (χ1n) is 4.43. The molecule has 2 heterocycles. The van der Waals surface area contributed by atoms with E-state index in [1.807, 2.05) is 37.1 Å². The summed E-state index contributed by atoms with van der Waals surface area (Å²) in [6.45, 7) is 0.413. The summed E-state index contributed by atoms with van der Waals surface area (Å²) in [5.41, 5.74) is 6.54. The van der Waals surface area contributed by atoms with Crippen LogP contribution in [0.1, 0.15) is 5.82 Å². The molecule has 0 saturated heterocycles. The van der Waals surface area contributed by atoms with Gasteiger partial charge >= 0.3 is 0 Å². The van der Waals surface area contributed by atoms with Gasteiger partial charge in [0.25, 0.3) is 0 Å². The highest BCUT2D eigenvalue weighted by Crippen LogP contribution is 2.14. The number of hydrogen-bond donors (Lipinski definition) is 1. The number of nitrogens with two attached hydrogens (primary N) is 1. The van der Waals surface area contributed by atoms with E-state index in [1.54, 1.807) is 4.68 Å². The van der Waals surface area contributed by atoms with E-state index < -0.39 is 0 Å². The van der Waals surface area contributed by atoms with E-state index >= 15 is 0 Å². The van der Waals surface area contributed by atoms with Crippen LogP contribution in [0, 0.1) is 0 Å². The average Bonchev–Trinajstić information content (AvgIpc) is 2.71. The summed E-state index contributed by atoms with van der Waals surface area (Å²) >= 11 is 0. The highest BCUT2D eigenvalue weighted by Gasteiger charge is 2.08. The largest absolute Gasteiger partial charge is 0.357 e. The van der Waals surface area contributed by atoms with Crippen molar-refractivity contribution in [1.29, 1.82) is 0 Å². The van der Waals surface area contributed by atoms with Crippen LogP contribution >= 0.6 is 0 Å². The van der Waals surface area contributed by atoms with Gasteiger partial charge in [-0.25, -0.2) is 4.98 Å². The Morgan fingerprint density at radius 1 is 1.43 bits per heavy atom. The van der Waals surface area contributed by atoms with Crippen LogP contribution in [0.3, 0.4) is 0 Å². The van der Waals surface area contributed by atoms with Gasteiger partial charge in [0.1, 0.15) is 5.82 Å². The maximum absolute atomic E-state index is 5.52. The van der Waals surface area contributed by atoms with Crippen molar-refractivity contribution in [2.24, 2.45) is 19.8 Å². The highest BCUT2D eigenvalue weighted by atomic mass is 15.3. The number of aryl methyl sites for hydroxylation is 2. The van der Waals surface area contributed by atoms with Gasteiger partial charge in [0.05, 0.1) is 6.54 Å². The molecule has 0 radical (unpaired) electrons. The predicted molar refractivity (Wildman–Crippen MR) is 53.3 cm³/mol. The van der Waals surface area contributed by atoms with Crippen molar-refractivity contribution in [3.05, 3.63) is 24.3 Å². The second-order valence-corrected chi connectivity index (χ2v) is 3.25. The van der Waals surface area contributed by atoms with E-state index in [0.717, 1.165) is 17.2 Å². The molecule has 2 rings (SSSR count). The van der Waals surface area contributed by atoms with Crippen LogP contribution < -0.4 is 5.73 Å². The van der Waals surface area contributed by atoms with E-state index in [1.165, 1.54) is 0 Å². The molecule has 2 aromatic rings. The summed E-state index contributed by atoms with van der Waals surface area (Å²) in [5.74, 6) is 1.53. The number of nitrogens with zero attached hydrogens (tertiary/aromatic N) is 4. The van der Waals surface area contributed by atoms with Crippen molar-refractivity contribution < 1.29 is 0 Å².